The van der Waals surface area contributed by atoms with Gasteiger partial charge in [-0.25, -0.2) is 19.9 Å². The van der Waals surface area contributed by atoms with Crippen LogP contribution in [-0.4, -0.2) is 39.9 Å². The Morgan fingerprint density at radius 1 is 0.224 bits per heavy atom. The Hall–Kier alpha value is -11.0. The molecule has 410 valence electrons. The number of hydrogen-bond acceptors (Lipinski definition) is 8. The van der Waals surface area contributed by atoms with Crippen molar-refractivity contribution in [1.29, 1.82) is 0 Å². The fraction of sp³-hybridized carbons (Fsp3) is 0.0649. The predicted octanol–water partition coefficient (Wildman–Crippen LogP) is 19.2. The third-order valence-electron chi connectivity index (χ3n) is 14.4. The molecule has 5 aromatic heterocycles. The molecule has 0 fully saturated rings. The van der Waals surface area contributed by atoms with Gasteiger partial charge in [0.1, 0.15) is 5.82 Å². The van der Waals surface area contributed by atoms with Gasteiger partial charge in [-0.05, 0) is 165 Å². The minimum absolute atomic E-state index is 0.779. The summed E-state index contributed by atoms with van der Waals surface area (Å²) in [4.78, 5) is 34.6. The van der Waals surface area contributed by atoms with E-state index < -0.39 is 0 Å². The molecule has 0 aliphatic rings. The van der Waals surface area contributed by atoms with Gasteiger partial charge in [-0.1, -0.05) is 188 Å². The molecule has 0 bridgehead atoms. The maximum atomic E-state index is 4.55. The molecule has 85 heavy (non-hydrogen) atoms. The van der Waals surface area contributed by atoms with Gasteiger partial charge in [-0.3, -0.25) is 19.9 Å². The van der Waals surface area contributed by atoms with Crippen LogP contribution in [0.3, 0.4) is 0 Å². The van der Waals surface area contributed by atoms with Gasteiger partial charge in [0.05, 0.1) is 23.3 Å². The molecule has 0 saturated carbocycles. The largest absolute Gasteiger partial charge is 0.262 e. The average molecular weight is 1100 g/mol. The van der Waals surface area contributed by atoms with Crippen molar-refractivity contribution in [2.75, 3.05) is 0 Å². The van der Waals surface area contributed by atoms with Crippen molar-refractivity contribution in [1.82, 2.24) is 39.9 Å². The second-order valence-corrected chi connectivity index (χ2v) is 20.8. The number of pyridine rings is 2. The van der Waals surface area contributed by atoms with E-state index in [1.165, 1.54) is 70.6 Å². The molecule has 15 aromatic rings. The van der Waals surface area contributed by atoms with Crippen molar-refractivity contribution in [2.24, 2.45) is 0 Å². The minimum atomic E-state index is 0.779. The summed E-state index contributed by atoms with van der Waals surface area (Å²) in [5.41, 5.74) is 14.1. The smallest absolute Gasteiger partial charge is 0.159 e. The Morgan fingerprint density at radius 2 is 0.635 bits per heavy atom. The van der Waals surface area contributed by atoms with Gasteiger partial charge < -0.3 is 0 Å². The lowest BCUT2D eigenvalue weighted by molar-refractivity contribution is 1.06. The maximum Gasteiger partial charge on any atom is 0.159 e. The summed E-state index contributed by atoms with van der Waals surface area (Å²) in [6.07, 6.45) is 12.9. The predicted molar refractivity (Wildman–Crippen MR) is 353 cm³/mol. The topological polar surface area (TPSA) is 103 Å². The minimum Gasteiger partial charge on any atom is -0.262 e. The Morgan fingerprint density at radius 3 is 1.09 bits per heavy atom. The number of benzene rings is 10. The Bertz CT molecular complexity index is 4310. The van der Waals surface area contributed by atoms with Crippen LogP contribution in [0.2, 0.25) is 0 Å². The molecular formula is C77H62N8. The Labute approximate surface area is 496 Å². The van der Waals surface area contributed by atoms with Gasteiger partial charge in [-0.15, -0.1) is 0 Å². The number of fused-ring (bicyclic) bond motifs is 5. The molecule has 8 heteroatoms. The first-order valence-corrected chi connectivity index (χ1v) is 28.3. The normalized spacial score (nSPS) is 10.6. The van der Waals surface area contributed by atoms with E-state index in [9.17, 15) is 0 Å². The summed E-state index contributed by atoms with van der Waals surface area (Å²) in [5, 5.41) is 12.5. The fourth-order valence-corrected chi connectivity index (χ4v) is 9.82. The number of aromatic nitrogens is 8. The lowest BCUT2D eigenvalue weighted by Gasteiger charge is -2.04. The van der Waals surface area contributed by atoms with E-state index in [2.05, 4.69) is 246 Å². The molecular weight excluding hydrogens is 1040 g/mol. The molecule has 0 aliphatic carbocycles. The molecule has 8 nitrogen and oxygen atoms in total. The molecule has 0 unspecified atom stereocenters. The molecule has 10 aromatic carbocycles. The number of hydrogen-bond donors (Lipinski definition) is 0. The van der Waals surface area contributed by atoms with E-state index in [-0.39, 0.29) is 0 Å². The van der Waals surface area contributed by atoms with E-state index in [1.807, 2.05) is 108 Å². The van der Waals surface area contributed by atoms with Gasteiger partial charge in [0.15, 0.2) is 5.82 Å². The van der Waals surface area contributed by atoms with Crippen LogP contribution >= 0.6 is 0 Å². The number of nitrogens with zero attached hydrogens (tertiary/aromatic N) is 8. The van der Waals surface area contributed by atoms with Crippen molar-refractivity contribution in [2.45, 2.75) is 34.6 Å². The van der Waals surface area contributed by atoms with E-state index in [1.54, 1.807) is 6.20 Å². The van der Waals surface area contributed by atoms with Crippen molar-refractivity contribution < 1.29 is 0 Å². The monoisotopic (exact) mass is 1100 g/mol. The molecule has 0 N–H and O–H groups in total. The molecule has 0 atom stereocenters. The van der Waals surface area contributed by atoms with E-state index in [0.29, 0.717) is 0 Å². The van der Waals surface area contributed by atoms with Gasteiger partial charge in [0.2, 0.25) is 0 Å². The standard InChI is InChI=1S/2C16H13N.3C15H12N2/c1-12-5-4-8-16(17-12)15-10-9-13-6-2-3-7-14(13)11-15;1-12-10-16(8-9-17-12)15-7-6-13-4-2-3-5-14(13)11-15;1-11-16-9-15(10-17-11)14-7-6-12-4-2-3-5-13(12)8-14;1-11-9-17-15(10-16-11)14-7-6-12-4-2-3-5-13(12)8-14;1-11-9-16-15(17-10-11)14-7-6-12-4-2-3-5-13(12)8-14/h2*2-11H,1H3;3*2-10H,1H3. The molecule has 0 spiro atoms. The molecule has 15 rings (SSSR count). The van der Waals surface area contributed by atoms with Crippen LogP contribution in [0.5, 0.6) is 0 Å². The van der Waals surface area contributed by atoms with Crippen molar-refractivity contribution in [3.05, 3.63) is 315 Å². The van der Waals surface area contributed by atoms with E-state index in [4.69, 9.17) is 0 Å². The molecule has 5 heterocycles. The molecule has 0 radical (unpaired) electrons. The highest BCUT2D eigenvalue weighted by Crippen LogP contribution is 2.28. The van der Waals surface area contributed by atoms with Crippen molar-refractivity contribution in [3.8, 4) is 56.2 Å². The van der Waals surface area contributed by atoms with Crippen LogP contribution in [0.15, 0.2) is 286 Å². The van der Waals surface area contributed by atoms with E-state index in [0.717, 1.165) is 67.9 Å². The lowest BCUT2D eigenvalue weighted by Crippen LogP contribution is -1.88. The summed E-state index contributed by atoms with van der Waals surface area (Å²) in [6.45, 7) is 9.86. The highest BCUT2D eigenvalue weighted by atomic mass is 14.9. The van der Waals surface area contributed by atoms with Gasteiger partial charge >= 0.3 is 0 Å². The fourth-order valence-electron chi connectivity index (χ4n) is 9.82. The summed E-state index contributed by atoms with van der Waals surface area (Å²) in [6, 6.07) is 84.1. The highest BCUT2D eigenvalue weighted by molar-refractivity contribution is 5.90. The first-order valence-electron chi connectivity index (χ1n) is 28.3. The second kappa shape index (κ2) is 26.7. The van der Waals surface area contributed by atoms with Crippen LogP contribution in [-0.2, 0) is 0 Å². The SMILES string of the molecule is Cc1cc(-c2ccc3ccccc3c2)ccn1.Cc1cccc(-c2ccc3ccccc3c2)n1.Cc1cnc(-c2ccc3ccccc3c2)cn1.Cc1cnc(-c2ccc3ccccc3c2)nc1.Cc1ncc(-c2ccc3ccccc3c2)cn1. The zero-order valence-electron chi connectivity index (χ0n) is 48.2. The molecule has 0 aliphatic heterocycles. The summed E-state index contributed by atoms with van der Waals surface area (Å²) < 4.78 is 0. The Balaban J connectivity index is 0.000000111. The molecule has 0 amide bonds. The van der Waals surface area contributed by atoms with Gasteiger partial charge in [-0.2, -0.15) is 0 Å². The third kappa shape index (κ3) is 14.6. The quantitative estimate of drug-likeness (QED) is 0.168. The zero-order valence-corrected chi connectivity index (χ0v) is 48.2. The van der Waals surface area contributed by atoms with Crippen molar-refractivity contribution in [3.63, 3.8) is 0 Å². The first kappa shape index (κ1) is 55.9. The number of aryl methyl sites for hydroxylation is 5. The maximum absolute atomic E-state index is 4.55. The first-order chi connectivity index (χ1) is 41.6. The van der Waals surface area contributed by atoms with E-state index >= 15 is 0 Å². The van der Waals surface area contributed by atoms with Gasteiger partial charge in [0, 0.05) is 70.8 Å². The zero-order chi connectivity index (χ0) is 58.3. The second-order valence-electron chi connectivity index (χ2n) is 20.8. The third-order valence-corrected chi connectivity index (χ3v) is 14.4. The van der Waals surface area contributed by atoms with Crippen LogP contribution in [0.1, 0.15) is 28.5 Å². The van der Waals surface area contributed by atoms with Crippen LogP contribution in [0.25, 0.3) is 110 Å². The Kier molecular flexibility index (Phi) is 17.6. The highest BCUT2D eigenvalue weighted by Gasteiger charge is 2.06. The summed E-state index contributed by atoms with van der Waals surface area (Å²) in [7, 11) is 0. The summed E-state index contributed by atoms with van der Waals surface area (Å²) >= 11 is 0. The lowest BCUT2D eigenvalue weighted by atomic mass is 10.0. The van der Waals surface area contributed by atoms with Crippen LogP contribution < -0.4 is 0 Å². The van der Waals surface area contributed by atoms with Gasteiger partial charge in [0.25, 0.3) is 0 Å². The van der Waals surface area contributed by atoms with Crippen molar-refractivity contribution >= 4 is 53.9 Å². The van der Waals surface area contributed by atoms with Crippen LogP contribution in [0, 0.1) is 34.6 Å². The molecule has 0 saturated heterocycles. The summed E-state index contributed by atoms with van der Waals surface area (Å²) in [5.74, 6) is 1.58. The number of rotatable bonds is 5. The average Bonchev–Trinajstić information content (AvgIpc) is 3.74. The van der Waals surface area contributed by atoms with Crippen LogP contribution in [0.4, 0.5) is 0 Å².